The van der Waals surface area contributed by atoms with Gasteiger partial charge in [0.05, 0.1) is 0 Å². The molecule has 3 rings (SSSR count). The molecule has 27 heavy (non-hydrogen) atoms. The molecule has 1 aromatic heterocycles. The quantitative estimate of drug-likeness (QED) is 0.415. The number of hydrogen-bond donors (Lipinski definition) is 0. The van der Waals surface area contributed by atoms with Crippen LogP contribution in [0.4, 0.5) is 0 Å². The van der Waals surface area contributed by atoms with Crippen molar-refractivity contribution in [3.63, 3.8) is 0 Å². The van der Waals surface area contributed by atoms with Crippen molar-refractivity contribution in [3.05, 3.63) is 64.5 Å². The van der Waals surface area contributed by atoms with Crippen molar-refractivity contribution in [1.29, 1.82) is 0 Å². The highest BCUT2D eigenvalue weighted by Gasteiger charge is 2.12. The zero-order valence-electron chi connectivity index (χ0n) is 14.3. The van der Waals surface area contributed by atoms with Gasteiger partial charge >= 0.3 is 5.97 Å². The lowest BCUT2D eigenvalue weighted by atomic mass is 10.1. The fourth-order valence-corrected chi connectivity index (χ4v) is 2.57. The molecule has 0 saturated heterocycles. The summed E-state index contributed by atoms with van der Waals surface area (Å²) in [6, 6.07) is 13.9. The molecular weight excluding hydrogens is 416 g/mol. The molecule has 0 fully saturated rings. The smallest absolute Gasteiger partial charge is 0.344 e. The summed E-state index contributed by atoms with van der Waals surface area (Å²) in [4.78, 5) is 27.2. The van der Waals surface area contributed by atoms with E-state index in [1.807, 2.05) is 24.3 Å². The first-order chi connectivity index (χ1) is 13.0. The SMILES string of the molecule is CC(=O)c1ccc(OCC(=O)OCc2nc(-c3cccc(Br)c3)no2)cc1. The van der Waals surface area contributed by atoms with E-state index in [0.717, 1.165) is 10.0 Å². The van der Waals surface area contributed by atoms with Gasteiger partial charge in [0.15, 0.2) is 19.0 Å². The Kier molecular flexibility index (Phi) is 5.97. The van der Waals surface area contributed by atoms with Gasteiger partial charge in [-0.15, -0.1) is 0 Å². The molecule has 0 aliphatic carbocycles. The van der Waals surface area contributed by atoms with Gasteiger partial charge < -0.3 is 14.0 Å². The average molecular weight is 431 g/mol. The van der Waals surface area contributed by atoms with E-state index in [2.05, 4.69) is 26.1 Å². The minimum atomic E-state index is -0.576. The van der Waals surface area contributed by atoms with Gasteiger partial charge in [0, 0.05) is 15.6 Å². The van der Waals surface area contributed by atoms with Crippen molar-refractivity contribution in [2.75, 3.05) is 6.61 Å². The number of halogens is 1. The number of benzene rings is 2. The van der Waals surface area contributed by atoms with Crippen LogP contribution in [-0.2, 0) is 16.1 Å². The number of nitrogens with zero attached hydrogens (tertiary/aromatic N) is 2. The van der Waals surface area contributed by atoms with Crippen molar-refractivity contribution >= 4 is 27.7 Å². The lowest BCUT2D eigenvalue weighted by Gasteiger charge is -2.06. The normalized spacial score (nSPS) is 10.4. The minimum absolute atomic E-state index is 0.0391. The van der Waals surface area contributed by atoms with Gasteiger partial charge in [-0.25, -0.2) is 4.79 Å². The van der Waals surface area contributed by atoms with Crippen LogP contribution in [0.2, 0.25) is 0 Å². The highest BCUT2D eigenvalue weighted by Crippen LogP contribution is 2.20. The molecule has 2 aromatic carbocycles. The third-order valence-corrected chi connectivity index (χ3v) is 4.02. The lowest BCUT2D eigenvalue weighted by Crippen LogP contribution is -2.14. The van der Waals surface area contributed by atoms with Gasteiger partial charge in [0.2, 0.25) is 5.82 Å². The molecule has 0 unspecified atom stereocenters. The van der Waals surface area contributed by atoms with Crippen molar-refractivity contribution in [2.45, 2.75) is 13.5 Å². The second-order valence-corrected chi connectivity index (χ2v) is 6.47. The fraction of sp³-hybridized carbons (Fsp3) is 0.158. The molecule has 138 valence electrons. The number of carbonyl (C=O) groups excluding carboxylic acids is 2. The van der Waals surface area contributed by atoms with Crippen LogP contribution in [0.1, 0.15) is 23.2 Å². The number of Topliss-reactive ketones (excluding diaryl/α,β-unsaturated/α-hetero) is 1. The van der Waals surface area contributed by atoms with E-state index in [1.54, 1.807) is 24.3 Å². The fourth-order valence-electron chi connectivity index (χ4n) is 2.17. The van der Waals surface area contributed by atoms with Crippen LogP contribution < -0.4 is 4.74 Å². The Balaban J connectivity index is 1.48. The van der Waals surface area contributed by atoms with E-state index in [0.29, 0.717) is 17.1 Å². The summed E-state index contributed by atoms with van der Waals surface area (Å²) in [5.74, 6) is 0.440. The van der Waals surface area contributed by atoms with Crippen molar-refractivity contribution in [1.82, 2.24) is 10.1 Å². The standard InChI is InChI=1S/C19H15BrN2O5/c1-12(23)13-5-7-16(8-6-13)25-11-18(24)26-10-17-21-19(22-27-17)14-3-2-4-15(20)9-14/h2-9H,10-11H2,1H3. The van der Waals surface area contributed by atoms with Crippen LogP contribution >= 0.6 is 15.9 Å². The maximum Gasteiger partial charge on any atom is 0.344 e. The number of ether oxygens (including phenoxy) is 2. The summed E-state index contributed by atoms with van der Waals surface area (Å²) in [5, 5.41) is 3.86. The van der Waals surface area contributed by atoms with Crippen LogP contribution in [-0.4, -0.2) is 28.5 Å². The largest absolute Gasteiger partial charge is 0.482 e. The summed E-state index contributed by atoms with van der Waals surface area (Å²) in [6.07, 6.45) is 0. The Morgan fingerprint density at radius 3 is 2.63 bits per heavy atom. The Hall–Kier alpha value is -3.00. The van der Waals surface area contributed by atoms with Gasteiger partial charge in [0.25, 0.3) is 5.89 Å². The first kappa shape index (κ1) is 18.8. The molecule has 1 heterocycles. The topological polar surface area (TPSA) is 91.5 Å². The molecule has 0 bridgehead atoms. The van der Waals surface area contributed by atoms with Crippen molar-refractivity contribution < 1.29 is 23.6 Å². The van der Waals surface area contributed by atoms with E-state index >= 15 is 0 Å². The van der Waals surface area contributed by atoms with Crippen LogP contribution in [0.5, 0.6) is 5.75 Å². The van der Waals surface area contributed by atoms with E-state index in [1.165, 1.54) is 6.92 Å². The molecule has 0 atom stereocenters. The minimum Gasteiger partial charge on any atom is -0.482 e. The molecule has 0 amide bonds. The summed E-state index contributed by atoms with van der Waals surface area (Å²) in [6.45, 7) is 1.06. The van der Waals surface area contributed by atoms with Crippen LogP contribution in [0.3, 0.4) is 0 Å². The number of aromatic nitrogens is 2. The molecule has 0 aliphatic rings. The van der Waals surface area contributed by atoms with E-state index < -0.39 is 5.97 Å². The maximum absolute atomic E-state index is 11.8. The molecule has 7 nitrogen and oxygen atoms in total. The molecule has 8 heteroatoms. The third-order valence-electron chi connectivity index (χ3n) is 3.53. The van der Waals surface area contributed by atoms with E-state index in [9.17, 15) is 9.59 Å². The number of carbonyl (C=O) groups is 2. The van der Waals surface area contributed by atoms with E-state index in [-0.39, 0.29) is 24.9 Å². The number of hydrogen-bond acceptors (Lipinski definition) is 7. The monoisotopic (exact) mass is 430 g/mol. The Morgan fingerprint density at radius 1 is 1.15 bits per heavy atom. The molecule has 0 saturated carbocycles. The third kappa shape index (κ3) is 5.24. The number of esters is 1. The highest BCUT2D eigenvalue weighted by atomic mass is 79.9. The molecular formula is C19H15BrN2O5. The Bertz CT molecular complexity index is 953. The Labute approximate surface area is 163 Å². The molecule has 3 aromatic rings. The zero-order chi connectivity index (χ0) is 19.2. The second-order valence-electron chi connectivity index (χ2n) is 5.55. The predicted molar refractivity (Wildman–Crippen MR) is 99.2 cm³/mol. The number of rotatable bonds is 7. The van der Waals surface area contributed by atoms with Crippen molar-refractivity contribution in [3.8, 4) is 17.1 Å². The zero-order valence-corrected chi connectivity index (χ0v) is 15.9. The van der Waals surface area contributed by atoms with Gasteiger partial charge in [-0.3, -0.25) is 4.79 Å². The molecule has 0 radical (unpaired) electrons. The second kappa shape index (κ2) is 8.59. The molecule has 0 N–H and O–H groups in total. The summed E-state index contributed by atoms with van der Waals surface area (Å²) in [7, 11) is 0. The van der Waals surface area contributed by atoms with Gasteiger partial charge in [-0.05, 0) is 43.3 Å². The summed E-state index contributed by atoms with van der Waals surface area (Å²) in [5.41, 5.74) is 1.35. The van der Waals surface area contributed by atoms with E-state index in [4.69, 9.17) is 14.0 Å². The maximum atomic E-state index is 11.8. The van der Waals surface area contributed by atoms with Crippen LogP contribution in [0.25, 0.3) is 11.4 Å². The predicted octanol–water partition coefficient (Wildman–Crippen LogP) is 3.82. The molecule has 0 aliphatic heterocycles. The Morgan fingerprint density at radius 2 is 1.93 bits per heavy atom. The van der Waals surface area contributed by atoms with Crippen LogP contribution in [0, 0.1) is 0 Å². The average Bonchev–Trinajstić information content (AvgIpc) is 3.14. The lowest BCUT2D eigenvalue weighted by molar-refractivity contribution is -0.148. The first-order valence-electron chi connectivity index (χ1n) is 7.99. The number of ketones is 1. The van der Waals surface area contributed by atoms with Crippen LogP contribution in [0.15, 0.2) is 57.5 Å². The molecule has 0 spiro atoms. The summed E-state index contributed by atoms with van der Waals surface area (Å²) >= 11 is 3.38. The van der Waals surface area contributed by atoms with Gasteiger partial charge in [-0.2, -0.15) is 4.98 Å². The first-order valence-corrected chi connectivity index (χ1v) is 8.78. The van der Waals surface area contributed by atoms with Gasteiger partial charge in [0.1, 0.15) is 5.75 Å². The van der Waals surface area contributed by atoms with Crippen molar-refractivity contribution in [2.24, 2.45) is 0 Å². The highest BCUT2D eigenvalue weighted by molar-refractivity contribution is 9.10. The summed E-state index contributed by atoms with van der Waals surface area (Å²) < 4.78 is 16.4. The van der Waals surface area contributed by atoms with Gasteiger partial charge in [-0.1, -0.05) is 33.2 Å².